The van der Waals surface area contributed by atoms with Crippen LogP contribution >= 0.6 is 0 Å². The van der Waals surface area contributed by atoms with Crippen LogP contribution in [0.3, 0.4) is 0 Å². The number of carbonyl (C=O) groups is 3. The Morgan fingerprint density at radius 3 is 0.965 bits per heavy atom. The Kier molecular flexibility index (Phi) is 44.9. The van der Waals surface area contributed by atoms with Crippen molar-refractivity contribution in [2.45, 2.75) is 271 Å². The van der Waals surface area contributed by atoms with Crippen LogP contribution in [-0.4, -0.2) is 37.2 Å². The quantitative estimate of drug-likeness (QED) is 0.0264. The molecule has 1 atom stereocenters. The van der Waals surface area contributed by atoms with Gasteiger partial charge in [-0.1, -0.05) is 206 Å². The van der Waals surface area contributed by atoms with Gasteiger partial charge in [0, 0.05) is 19.3 Å². The summed E-state index contributed by atoms with van der Waals surface area (Å²) in [5.74, 6) is -0.884. The van der Waals surface area contributed by atoms with Gasteiger partial charge >= 0.3 is 17.9 Å². The first-order valence-corrected chi connectivity index (χ1v) is 24.8. The second kappa shape index (κ2) is 46.6. The van der Waals surface area contributed by atoms with Crippen LogP contribution in [0.1, 0.15) is 265 Å². The van der Waals surface area contributed by atoms with Gasteiger partial charge in [-0.3, -0.25) is 14.4 Å². The average molecular weight is 803 g/mol. The Balaban J connectivity index is 4.32. The summed E-state index contributed by atoms with van der Waals surface area (Å²) in [6.45, 7) is 6.58. The molecule has 0 aromatic heterocycles. The van der Waals surface area contributed by atoms with Gasteiger partial charge in [0.2, 0.25) is 0 Å². The van der Waals surface area contributed by atoms with Gasteiger partial charge in [-0.05, 0) is 64.2 Å². The Morgan fingerprint density at radius 1 is 0.333 bits per heavy atom. The second-order valence-electron chi connectivity index (χ2n) is 16.7. The van der Waals surface area contributed by atoms with Gasteiger partial charge in [-0.2, -0.15) is 0 Å². The summed E-state index contributed by atoms with van der Waals surface area (Å²) >= 11 is 0. The molecule has 6 nitrogen and oxygen atoms in total. The van der Waals surface area contributed by atoms with Gasteiger partial charge in [0.1, 0.15) is 13.2 Å². The van der Waals surface area contributed by atoms with Gasteiger partial charge in [-0.25, -0.2) is 0 Å². The molecule has 0 N–H and O–H groups in total. The maximum Gasteiger partial charge on any atom is 0.306 e. The van der Waals surface area contributed by atoms with Crippen molar-refractivity contribution in [1.82, 2.24) is 0 Å². The number of unbranched alkanes of at least 4 members (excludes halogenated alkanes) is 30. The minimum atomic E-state index is -0.773. The molecule has 0 amide bonds. The molecule has 0 aliphatic carbocycles. The lowest BCUT2D eigenvalue weighted by molar-refractivity contribution is -0.167. The monoisotopic (exact) mass is 803 g/mol. The Hall–Kier alpha value is -2.11. The zero-order valence-electron chi connectivity index (χ0n) is 38.1. The normalized spacial score (nSPS) is 12.1. The van der Waals surface area contributed by atoms with Crippen molar-refractivity contribution < 1.29 is 28.6 Å². The van der Waals surface area contributed by atoms with Crippen LogP contribution in [0.15, 0.2) is 24.3 Å². The summed E-state index contributed by atoms with van der Waals surface area (Å²) in [5, 5.41) is 0. The van der Waals surface area contributed by atoms with Crippen molar-refractivity contribution in [3.05, 3.63) is 24.3 Å². The van der Waals surface area contributed by atoms with Gasteiger partial charge < -0.3 is 14.2 Å². The van der Waals surface area contributed by atoms with Crippen LogP contribution in [0.5, 0.6) is 0 Å². The van der Waals surface area contributed by atoms with Crippen LogP contribution in [0.25, 0.3) is 0 Å². The molecule has 0 heterocycles. The lowest BCUT2D eigenvalue weighted by atomic mass is 10.0. The third-order valence-corrected chi connectivity index (χ3v) is 10.9. The summed E-state index contributed by atoms with van der Waals surface area (Å²) in [6, 6.07) is 0. The van der Waals surface area contributed by atoms with Crippen molar-refractivity contribution in [2.75, 3.05) is 13.2 Å². The molecule has 0 bridgehead atoms. The predicted octanol–water partition coefficient (Wildman–Crippen LogP) is 16.0. The van der Waals surface area contributed by atoms with Crippen LogP contribution in [0, 0.1) is 0 Å². The lowest BCUT2D eigenvalue weighted by Crippen LogP contribution is -2.30. The first-order chi connectivity index (χ1) is 28.0. The van der Waals surface area contributed by atoms with Crippen LogP contribution in [0.2, 0.25) is 0 Å². The Labute approximate surface area is 353 Å². The van der Waals surface area contributed by atoms with E-state index in [1.54, 1.807) is 0 Å². The molecule has 0 aromatic rings. The zero-order valence-corrected chi connectivity index (χ0v) is 38.1. The van der Waals surface area contributed by atoms with E-state index in [1.807, 2.05) is 0 Å². The van der Waals surface area contributed by atoms with Crippen molar-refractivity contribution in [1.29, 1.82) is 0 Å². The number of esters is 3. The molecule has 0 radical (unpaired) electrons. The van der Waals surface area contributed by atoms with E-state index >= 15 is 0 Å². The summed E-state index contributed by atoms with van der Waals surface area (Å²) in [7, 11) is 0. The molecular weight excluding hydrogens is 709 g/mol. The lowest BCUT2D eigenvalue weighted by Gasteiger charge is -2.18. The van der Waals surface area contributed by atoms with Gasteiger partial charge in [0.25, 0.3) is 0 Å². The summed E-state index contributed by atoms with van der Waals surface area (Å²) in [4.78, 5) is 37.8. The first kappa shape index (κ1) is 54.9. The van der Waals surface area contributed by atoms with Crippen molar-refractivity contribution in [3.8, 4) is 0 Å². The minimum Gasteiger partial charge on any atom is -0.462 e. The summed E-state index contributed by atoms with van der Waals surface area (Å²) in [6.07, 6.45) is 51.6. The average Bonchev–Trinajstić information content (AvgIpc) is 3.21. The molecule has 0 aliphatic heterocycles. The number of hydrogen-bond donors (Lipinski definition) is 0. The molecular formula is C51H94O6. The van der Waals surface area contributed by atoms with E-state index in [4.69, 9.17) is 14.2 Å². The van der Waals surface area contributed by atoms with Crippen LogP contribution < -0.4 is 0 Å². The molecule has 0 saturated carbocycles. The number of hydrogen-bond acceptors (Lipinski definition) is 6. The molecule has 0 aromatic carbocycles. The highest BCUT2D eigenvalue weighted by molar-refractivity contribution is 5.71. The second-order valence-corrected chi connectivity index (χ2v) is 16.7. The fourth-order valence-electron chi connectivity index (χ4n) is 7.12. The summed E-state index contributed by atoms with van der Waals surface area (Å²) in [5.41, 5.74) is 0. The third kappa shape index (κ3) is 44.8. The fourth-order valence-corrected chi connectivity index (χ4v) is 7.12. The van der Waals surface area contributed by atoms with E-state index in [1.165, 1.54) is 154 Å². The SMILES string of the molecule is CCCC/C=C\CCCCCCCC(=O)OCC(COC(=O)CCCCCCCCCCCCCCCCCC)OC(=O)CCCCCCC/C=C\CCCCC. The molecule has 6 heteroatoms. The van der Waals surface area contributed by atoms with E-state index in [-0.39, 0.29) is 31.1 Å². The highest BCUT2D eigenvalue weighted by Gasteiger charge is 2.19. The molecule has 57 heavy (non-hydrogen) atoms. The molecule has 0 spiro atoms. The molecule has 0 fully saturated rings. The van der Waals surface area contributed by atoms with E-state index in [2.05, 4.69) is 45.1 Å². The Morgan fingerprint density at radius 2 is 0.596 bits per heavy atom. The highest BCUT2D eigenvalue weighted by atomic mass is 16.6. The maximum absolute atomic E-state index is 12.7. The van der Waals surface area contributed by atoms with Gasteiger partial charge in [-0.15, -0.1) is 0 Å². The number of allylic oxidation sites excluding steroid dienone is 4. The summed E-state index contributed by atoms with van der Waals surface area (Å²) < 4.78 is 16.7. The third-order valence-electron chi connectivity index (χ3n) is 10.9. The molecule has 0 aliphatic rings. The maximum atomic E-state index is 12.7. The van der Waals surface area contributed by atoms with Gasteiger partial charge in [0.05, 0.1) is 0 Å². The van der Waals surface area contributed by atoms with Crippen molar-refractivity contribution >= 4 is 17.9 Å². The largest absolute Gasteiger partial charge is 0.462 e. The highest BCUT2D eigenvalue weighted by Crippen LogP contribution is 2.15. The van der Waals surface area contributed by atoms with E-state index in [0.29, 0.717) is 19.3 Å². The first-order valence-electron chi connectivity index (χ1n) is 24.8. The van der Waals surface area contributed by atoms with Crippen molar-refractivity contribution in [3.63, 3.8) is 0 Å². The smallest absolute Gasteiger partial charge is 0.306 e. The van der Waals surface area contributed by atoms with Crippen LogP contribution in [0.4, 0.5) is 0 Å². The fraction of sp³-hybridized carbons (Fsp3) is 0.863. The van der Waals surface area contributed by atoms with E-state index < -0.39 is 6.10 Å². The molecule has 334 valence electrons. The number of carbonyl (C=O) groups excluding carboxylic acids is 3. The zero-order chi connectivity index (χ0) is 41.5. The standard InChI is InChI=1S/C51H94O6/c1-4-7-10-13-16-19-22-24-25-26-27-30-32-35-38-41-44-50(53)56-47-48(46-55-49(52)43-40-37-34-31-28-21-18-15-12-9-6-3)57-51(54)45-42-39-36-33-29-23-20-17-14-11-8-5-2/h15,17-18,20,48H,4-14,16,19,21-47H2,1-3H3/b18-15-,20-17-. The molecule has 0 saturated heterocycles. The van der Waals surface area contributed by atoms with E-state index in [9.17, 15) is 14.4 Å². The number of ether oxygens (including phenoxy) is 3. The molecule has 1 unspecified atom stereocenters. The van der Waals surface area contributed by atoms with Crippen molar-refractivity contribution in [2.24, 2.45) is 0 Å². The number of rotatable bonds is 45. The van der Waals surface area contributed by atoms with Crippen LogP contribution in [-0.2, 0) is 28.6 Å². The Bertz CT molecular complexity index is 927. The topological polar surface area (TPSA) is 78.9 Å². The van der Waals surface area contributed by atoms with Gasteiger partial charge in [0.15, 0.2) is 6.10 Å². The predicted molar refractivity (Wildman–Crippen MR) is 243 cm³/mol. The van der Waals surface area contributed by atoms with E-state index in [0.717, 1.165) is 70.6 Å². The minimum absolute atomic E-state index is 0.0738. The molecule has 0 rings (SSSR count).